The molecule has 0 atom stereocenters. The summed E-state index contributed by atoms with van der Waals surface area (Å²) < 4.78 is 1.71. The van der Waals surface area contributed by atoms with E-state index < -0.39 is 5.97 Å². The first-order valence-electron chi connectivity index (χ1n) is 8.43. The molecule has 0 saturated carbocycles. The molecule has 2 heterocycles. The summed E-state index contributed by atoms with van der Waals surface area (Å²) >= 11 is 1.48. The van der Waals surface area contributed by atoms with Gasteiger partial charge < -0.3 is 20.1 Å². The standard InChI is InChI=1S/C19H19N3O4S.K.H/c1-2-22-10-15(19(25)26)16(11-22)21-17(24)8-7-14-9-20-18(27-14)12-3-5-13(23)6-4-12;;/h3-6,9-11,23H,2,7-8H2,1H3,(H,21,24)(H,25,26);;. The van der Waals surface area contributed by atoms with Crippen molar-refractivity contribution in [3.63, 3.8) is 0 Å². The van der Waals surface area contributed by atoms with E-state index in [1.54, 1.807) is 41.2 Å². The molecule has 0 aliphatic rings. The number of thiazole rings is 1. The van der Waals surface area contributed by atoms with Gasteiger partial charge in [-0.15, -0.1) is 11.3 Å². The minimum absolute atomic E-state index is 0. The Morgan fingerprint density at radius 2 is 1.93 bits per heavy atom. The first-order valence-corrected chi connectivity index (χ1v) is 9.25. The van der Waals surface area contributed by atoms with Crippen molar-refractivity contribution in [2.75, 3.05) is 5.32 Å². The molecule has 0 unspecified atom stereocenters. The van der Waals surface area contributed by atoms with Crippen molar-refractivity contribution in [3.05, 3.63) is 53.3 Å². The van der Waals surface area contributed by atoms with E-state index in [1.165, 1.54) is 17.5 Å². The molecule has 2 aromatic heterocycles. The van der Waals surface area contributed by atoms with Crippen LogP contribution < -0.4 is 5.32 Å². The average Bonchev–Trinajstić information content (AvgIpc) is 3.27. The zero-order valence-electron chi connectivity index (χ0n) is 14.7. The van der Waals surface area contributed by atoms with Crippen LogP contribution in [0.1, 0.15) is 28.6 Å². The quantitative estimate of drug-likeness (QED) is 0.505. The van der Waals surface area contributed by atoms with Crippen LogP contribution in [-0.4, -0.2) is 83.0 Å². The Labute approximate surface area is 208 Å². The van der Waals surface area contributed by atoms with Gasteiger partial charge in [-0.25, -0.2) is 9.78 Å². The number of hydrogen-bond donors (Lipinski definition) is 3. The van der Waals surface area contributed by atoms with Gasteiger partial charge in [-0.1, -0.05) is 0 Å². The zero-order chi connectivity index (χ0) is 19.4. The van der Waals surface area contributed by atoms with Crippen molar-refractivity contribution in [1.29, 1.82) is 0 Å². The number of aryl methyl sites for hydroxylation is 2. The van der Waals surface area contributed by atoms with Crippen molar-refractivity contribution in [2.45, 2.75) is 26.3 Å². The summed E-state index contributed by atoms with van der Waals surface area (Å²) in [4.78, 5) is 28.8. The van der Waals surface area contributed by atoms with E-state index in [-0.39, 0.29) is 75.0 Å². The maximum absolute atomic E-state index is 12.2. The van der Waals surface area contributed by atoms with Gasteiger partial charge in [0.2, 0.25) is 5.91 Å². The fraction of sp³-hybridized carbons (Fsp3) is 0.211. The second-order valence-corrected chi connectivity index (χ2v) is 7.06. The van der Waals surface area contributed by atoms with Crippen molar-refractivity contribution in [2.24, 2.45) is 0 Å². The molecule has 0 aliphatic carbocycles. The summed E-state index contributed by atoms with van der Waals surface area (Å²) in [6.07, 6.45) is 5.60. The number of phenols is 1. The molecule has 3 N–H and O–H groups in total. The second kappa shape index (κ2) is 10.3. The Bertz CT molecular complexity index is 966. The summed E-state index contributed by atoms with van der Waals surface area (Å²) in [6.45, 7) is 2.52. The number of carboxylic acid groups (broad SMARTS) is 1. The van der Waals surface area contributed by atoms with E-state index in [4.69, 9.17) is 0 Å². The van der Waals surface area contributed by atoms with E-state index in [0.29, 0.717) is 18.7 Å². The van der Waals surface area contributed by atoms with Gasteiger partial charge in [0.15, 0.2) is 0 Å². The number of amides is 1. The molecule has 0 aliphatic heterocycles. The van der Waals surface area contributed by atoms with Gasteiger partial charge in [0.1, 0.15) is 16.3 Å². The number of hydrogen-bond acceptors (Lipinski definition) is 5. The van der Waals surface area contributed by atoms with Crippen LogP contribution in [0.4, 0.5) is 5.69 Å². The normalized spacial score (nSPS) is 10.3. The molecule has 3 rings (SSSR count). The minimum atomic E-state index is -1.07. The van der Waals surface area contributed by atoms with E-state index in [9.17, 15) is 19.8 Å². The third-order valence-electron chi connectivity index (χ3n) is 4.02. The van der Waals surface area contributed by atoms with E-state index in [2.05, 4.69) is 10.3 Å². The van der Waals surface area contributed by atoms with E-state index in [1.807, 2.05) is 6.92 Å². The fourth-order valence-corrected chi connectivity index (χ4v) is 3.49. The number of aromatic hydroxyl groups is 1. The van der Waals surface area contributed by atoms with Gasteiger partial charge in [-0.3, -0.25) is 4.79 Å². The predicted octanol–water partition coefficient (Wildman–Crippen LogP) is 2.96. The first-order chi connectivity index (χ1) is 13.0. The van der Waals surface area contributed by atoms with Crippen LogP contribution >= 0.6 is 11.3 Å². The maximum atomic E-state index is 12.2. The molecule has 142 valence electrons. The van der Waals surface area contributed by atoms with Crippen LogP contribution in [0.2, 0.25) is 0 Å². The van der Waals surface area contributed by atoms with Gasteiger partial charge in [-0.2, -0.15) is 0 Å². The molecule has 1 aromatic carbocycles. The van der Waals surface area contributed by atoms with Crippen molar-refractivity contribution in [1.82, 2.24) is 9.55 Å². The van der Waals surface area contributed by atoms with Crippen LogP contribution in [0.3, 0.4) is 0 Å². The number of rotatable bonds is 7. The Morgan fingerprint density at radius 1 is 1.21 bits per heavy atom. The molecule has 0 spiro atoms. The molecule has 28 heavy (non-hydrogen) atoms. The summed E-state index contributed by atoms with van der Waals surface area (Å²) in [5.41, 5.74) is 1.29. The molecule has 7 nitrogen and oxygen atoms in total. The Kier molecular flexibility index (Phi) is 8.41. The SMILES string of the molecule is CCn1cc(NC(=O)CCc2cnc(-c3ccc(O)cc3)s2)c(C(=O)O)c1.[KH]. The third kappa shape index (κ3) is 5.76. The summed E-state index contributed by atoms with van der Waals surface area (Å²) in [5, 5.41) is 22.1. The van der Waals surface area contributed by atoms with Crippen molar-refractivity contribution in [3.8, 4) is 16.3 Å². The zero-order valence-corrected chi connectivity index (χ0v) is 15.5. The second-order valence-electron chi connectivity index (χ2n) is 5.95. The van der Waals surface area contributed by atoms with Gasteiger partial charge in [0, 0.05) is 42.0 Å². The number of phenolic OH excluding ortho intramolecular Hbond substituents is 1. The number of anilines is 1. The fourth-order valence-electron chi connectivity index (χ4n) is 2.57. The summed E-state index contributed by atoms with van der Waals surface area (Å²) in [5.74, 6) is -1.12. The molecule has 1 amide bonds. The van der Waals surface area contributed by atoms with Crippen LogP contribution in [0, 0.1) is 0 Å². The number of carbonyl (C=O) groups excluding carboxylic acids is 1. The molecular weight excluding hydrogens is 405 g/mol. The van der Waals surface area contributed by atoms with Gasteiger partial charge in [-0.05, 0) is 37.6 Å². The van der Waals surface area contributed by atoms with Crippen molar-refractivity contribution < 1.29 is 19.8 Å². The molecule has 0 saturated heterocycles. The number of carboxylic acids is 1. The first kappa shape index (κ1) is 22.8. The van der Waals surface area contributed by atoms with Crippen LogP contribution in [0.25, 0.3) is 10.6 Å². The molecular formula is C19H20KN3O4S. The Balaban J connectivity index is 0.00000280. The molecule has 0 fully saturated rings. The van der Waals surface area contributed by atoms with Crippen LogP contribution in [-0.2, 0) is 17.8 Å². The number of nitrogens with zero attached hydrogens (tertiary/aromatic N) is 2. The van der Waals surface area contributed by atoms with Crippen LogP contribution in [0.15, 0.2) is 42.9 Å². The van der Waals surface area contributed by atoms with E-state index >= 15 is 0 Å². The number of carbonyl (C=O) groups is 2. The molecule has 3 aromatic rings. The monoisotopic (exact) mass is 425 g/mol. The van der Waals surface area contributed by atoms with Crippen LogP contribution in [0.5, 0.6) is 5.75 Å². The van der Waals surface area contributed by atoms with Gasteiger partial charge >= 0.3 is 57.4 Å². The van der Waals surface area contributed by atoms with Gasteiger partial charge in [0.05, 0.1) is 5.69 Å². The average molecular weight is 426 g/mol. The Morgan fingerprint density at radius 3 is 2.57 bits per heavy atom. The molecule has 0 bridgehead atoms. The number of nitrogens with one attached hydrogen (secondary N) is 1. The van der Waals surface area contributed by atoms with Crippen molar-refractivity contribution >= 4 is 80.3 Å². The third-order valence-corrected chi connectivity index (χ3v) is 5.12. The van der Waals surface area contributed by atoms with E-state index in [0.717, 1.165) is 15.4 Å². The van der Waals surface area contributed by atoms with Gasteiger partial charge in [0.25, 0.3) is 0 Å². The molecule has 0 radical (unpaired) electrons. The number of aromatic nitrogens is 2. The Hall–Kier alpha value is -1.49. The molecule has 9 heteroatoms. The summed E-state index contributed by atoms with van der Waals surface area (Å²) in [6, 6.07) is 6.78. The topological polar surface area (TPSA) is 104 Å². The number of benzene rings is 1. The summed E-state index contributed by atoms with van der Waals surface area (Å²) in [7, 11) is 0. The predicted molar refractivity (Wildman–Crippen MR) is 110 cm³/mol. The number of aromatic carboxylic acids is 1.